The van der Waals surface area contributed by atoms with Gasteiger partial charge in [-0.05, 0) is 46.7 Å². The number of rotatable bonds is 1. The van der Waals surface area contributed by atoms with Crippen molar-refractivity contribution in [1.29, 1.82) is 0 Å². The van der Waals surface area contributed by atoms with Crippen molar-refractivity contribution < 1.29 is 0 Å². The van der Waals surface area contributed by atoms with E-state index < -0.39 is 0 Å². The van der Waals surface area contributed by atoms with Crippen LogP contribution in [-0.4, -0.2) is 4.98 Å². The van der Waals surface area contributed by atoms with Crippen molar-refractivity contribution in [3.8, 4) is 22.4 Å². The maximum absolute atomic E-state index is 4.70. The Morgan fingerprint density at radius 1 is 0.760 bits per heavy atom. The number of fused-ring (bicyclic) bond motifs is 4. The van der Waals surface area contributed by atoms with E-state index in [2.05, 4.69) is 102 Å². The van der Waals surface area contributed by atoms with Gasteiger partial charge in [0.05, 0.1) is 9.12 Å². The summed E-state index contributed by atoms with van der Waals surface area (Å²) in [7, 11) is 0. The highest BCUT2D eigenvalue weighted by atomic mass is 127. The van der Waals surface area contributed by atoms with E-state index >= 15 is 0 Å². The molecule has 5 rings (SSSR count). The summed E-state index contributed by atoms with van der Waals surface area (Å²) in [5.41, 5.74) is 7.69. The highest BCUT2D eigenvalue weighted by Crippen LogP contribution is 2.53. The Morgan fingerprint density at radius 2 is 1.48 bits per heavy atom. The summed E-state index contributed by atoms with van der Waals surface area (Å²) in [6.07, 6.45) is 1.97. The first-order valence-corrected chi connectivity index (χ1v) is 9.51. The van der Waals surface area contributed by atoms with Gasteiger partial charge in [-0.15, -0.1) is 0 Å². The molecule has 0 amide bonds. The standard InChI is InChI=1S/C23H16IN/c1-23(24)20-9-5-4-8-18(20)19-11-10-16(12-21(19)23)22-13-15-6-2-3-7-17(15)14-25-22/h2-14H,1H3. The average molecular weight is 433 g/mol. The molecule has 0 N–H and O–H groups in total. The lowest BCUT2D eigenvalue weighted by Gasteiger charge is -2.19. The molecule has 2 heteroatoms. The van der Waals surface area contributed by atoms with Crippen LogP contribution < -0.4 is 0 Å². The molecule has 1 unspecified atom stereocenters. The number of pyridine rings is 1. The molecule has 4 aromatic rings. The summed E-state index contributed by atoms with van der Waals surface area (Å²) in [6, 6.07) is 26.1. The summed E-state index contributed by atoms with van der Waals surface area (Å²) >= 11 is 2.58. The zero-order valence-corrected chi connectivity index (χ0v) is 16.0. The van der Waals surface area contributed by atoms with E-state index in [0.29, 0.717) is 0 Å². The first-order valence-electron chi connectivity index (χ1n) is 8.43. The summed E-state index contributed by atoms with van der Waals surface area (Å²) in [4.78, 5) is 4.70. The van der Waals surface area contributed by atoms with Crippen LogP contribution in [0.3, 0.4) is 0 Å². The minimum atomic E-state index is -0.00343. The quantitative estimate of drug-likeness (QED) is 0.244. The Balaban J connectivity index is 1.69. The molecule has 0 aliphatic heterocycles. The highest BCUT2D eigenvalue weighted by Gasteiger charge is 2.36. The molecule has 0 saturated carbocycles. The fraction of sp³-hybridized carbons (Fsp3) is 0.0870. The van der Waals surface area contributed by atoms with Gasteiger partial charge < -0.3 is 0 Å². The minimum Gasteiger partial charge on any atom is -0.256 e. The molecule has 0 bridgehead atoms. The summed E-state index contributed by atoms with van der Waals surface area (Å²) in [5, 5.41) is 2.41. The summed E-state index contributed by atoms with van der Waals surface area (Å²) in [5.74, 6) is 0. The van der Waals surface area contributed by atoms with Crippen LogP contribution in [0.1, 0.15) is 18.1 Å². The van der Waals surface area contributed by atoms with Crippen LogP contribution in [0, 0.1) is 0 Å². The van der Waals surface area contributed by atoms with E-state index in [1.54, 1.807) is 0 Å². The molecule has 120 valence electrons. The molecule has 1 atom stereocenters. The van der Waals surface area contributed by atoms with Gasteiger partial charge in [-0.3, -0.25) is 4.98 Å². The number of nitrogens with zero attached hydrogens (tertiary/aromatic N) is 1. The van der Waals surface area contributed by atoms with Gasteiger partial charge in [0, 0.05) is 17.1 Å². The first kappa shape index (κ1) is 15.1. The van der Waals surface area contributed by atoms with Crippen molar-refractivity contribution in [1.82, 2.24) is 4.98 Å². The first-order chi connectivity index (χ1) is 12.1. The monoisotopic (exact) mass is 433 g/mol. The van der Waals surface area contributed by atoms with Crippen molar-refractivity contribution in [2.24, 2.45) is 0 Å². The number of halogens is 1. The third-order valence-corrected chi connectivity index (χ3v) is 6.34. The molecule has 1 aromatic heterocycles. The van der Waals surface area contributed by atoms with Gasteiger partial charge in [-0.2, -0.15) is 0 Å². The van der Waals surface area contributed by atoms with E-state index in [0.717, 1.165) is 5.69 Å². The second-order valence-corrected chi connectivity index (χ2v) is 8.88. The lowest BCUT2D eigenvalue weighted by Crippen LogP contribution is -2.10. The van der Waals surface area contributed by atoms with Crippen LogP contribution in [0.2, 0.25) is 0 Å². The third kappa shape index (κ3) is 2.24. The molecule has 3 aromatic carbocycles. The van der Waals surface area contributed by atoms with Gasteiger partial charge >= 0.3 is 0 Å². The predicted molar refractivity (Wildman–Crippen MR) is 113 cm³/mol. The molecule has 1 aliphatic rings. The Kier molecular flexibility index (Phi) is 3.26. The minimum absolute atomic E-state index is 0.00343. The fourth-order valence-corrected chi connectivity index (χ4v) is 4.76. The lowest BCUT2D eigenvalue weighted by atomic mass is 9.96. The Labute approximate surface area is 160 Å². The molecule has 0 fully saturated rings. The van der Waals surface area contributed by atoms with Gasteiger partial charge in [-0.1, -0.05) is 83.3 Å². The Bertz CT molecular complexity index is 1130. The van der Waals surface area contributed by atoms with Crippen LogP contribution in [0.5, 0.6) is 0 Å². The fourth-order valence-electron chi connectivity index (χ4n) is 3.84. The lowest BCUT2D eigenvalue weighted by molar-refractivity contribution is 0.916. The Hall–Kier alpha value is -2.20. The van der Waals surface area contributed by atoms with Crippen LogP contribution in [0.25, 0.3) is 33.2 Å². The Morgan fingerprint density at radius 3 is 2.36 bits per heavy atom. The van der Waals surface area contributed by atoms with E-state index in [1.165, 1.54) is 38.6 Å². The second kappa shape index (κ2) is 5.40. The zero-order valence-electron chi connectivity index (χ0n) is 13.8. The van der Waals surface area contributed by atoms with Gasteiger partial charge in [0.25, 0.3) is 0 Å². The summed E-state index contributed by atoms with van der Waals surface area (Å²) in [6.45, 7) is 2.30. The number of hydrogen-bond acceptors (Lipinski definition) is 1. The van der Waals surface area contributed by atoms with Crippen LogP contribution in [0.4, 0.5) is 0 Å². The van der Waals surface area contributed by atoms with Crippen LogP contribution in [-0.2, 0) is 3.42 Å². The number of benzene rings is 3. The van der Waals surface area contributed by atoms with Crippen LogP contribution in [0.15, 0.2) is 79.0 Å². The summed E-state index contributed by atoms with van der Waals surface area (Å²) < 4.78 is -0.00343. The smallest absolute Gasteiger partial charge is 0.0708 e. The van der Waals surface area contributed by atoms with Crippen molar-refractivity contribution in [2.75, 3.05) is 0 Å². The van der Waals surface area contributed by atoms with Crippen LogP contribution >= 0.6 is 22.6 Å². The highest BCUT2D eigenvalue weighted by molar-refractivity contribution is 14.1. The van der Waals surface area contributed by atoms with Gasteiger partial charge in [0.1, 0.15) is 0 Å². The van der Waals surface area contributed by atoms with E-state index in [-0.39, 0.29) is 3.42 Å². The van der Waals surface area contributed by atoms with E-state index in [4.69, 9.17) is 4.98 Å². The normalized spacial score (nSPS) is 18.2. The maximum atomic E-state index is 4.70. The molecule has 1 nitrogen and oxygen atoms in total. The van der Waals surface area contributed by atoms with E-state index in [9.17, 15) is 0 Å². The average Bonchev–Trinajstić information content (AvgIpc) is 2.89. The van der Waals surface area contributed by atoms with Crippen molar-refractivity contribution in [3.05, 3.63) is 90.1 Å². The molecule has 0 saturated heterocycles. The third-order valence-electron chi connectivity index (χ3n) is 5.18. The van der Waals surface area contributed by atoms with Gasteiger partial charge in [-0.25, -0.2) is 0 Å². The van der Waals surface area contributed by atoms with Crippen molar-refractivity contribution in [3.63, 3.8) is 0 Å². The number of alkyl halides is 1. The van der Waals surface area contributed by atoms with Crippen molar-refractivity contribution >= 4 is 33.4 Å². The van der Waals surface area contributed by atoms with Gasteiger partial charge in [0.15, 0.2) is 0 Å². The van der Waals surface area contributed by atoms with E-state index in [1.807, 2.05) is 6.20 Å². The molecule has 0 spiro atoms. The molecular weight excluding hydrogens is 417 g/mol. The molecular formula is C23H16IN. The SMILES string of the molecule is CC1(I)c2ccccc2-c2ccc(-c3cc4ccccc4cn3)cc21. The zero-order chi connectivity index (χ0) is 17.0. The maximum Gasteiger partial charge on any atom is 0.0708 e. The molecule has 1 aliphatic carbocycles. The molecule has 0 radical (unpaired) electrons. The second-order valence-electron chi connectivity index (χ2n) is 6.73. The van der Waals surface area contributed by atoms with Crippen molar-refractivity contribution in [2.45, 2.75) is 10.3 Å². The topological polar surface area (TPSA) is 12.9 Å². The van der Waals surface area contributed by atoms with Gasteiger partial charge in [0.2, 0.25) is 0 Å². The molecule has 25 heavy (non-hydrogen) atoms. The molecule has 1 heterocycles. The number of aromatic nitrogens is 1. The number of hydrogen-bond donors (Lipinski definition) is 0. The largest absolute Gasteiger partial charge is 0.256 e. The predicted octanol–water partition coefficient (Wildman–Crippen LogP) is 6.58.